The van der Waals surface area contributed by atoms with Crippen LogP contribution in [0, 0.1) is 0 Å². The first-order valence-corrected chi connectivity index (χ1v) is 7.26. The average Bonchev–Trinajstić information content (AvgIpc) is 2.49. The van der Waals surface area contributed by atoms with E-state index < -0.39 is 5.91 Å². The summed E-state index contributed by atoms with van der Waals surface area (Å²) in [5.74, 6) is -0.575. The van der Waals surface area contributed by atoms with Crippen molar-refractivity contribution >= 4 is 35.3 Å². The molecule has 0 aliphatic carbocycles. The van der Waals surface area contributed by atoms with E-state index in [9.17, 15) is 9.59 Å². The normalized spacial score (nSPS) is 10.9. The first kappa shape index (κ1) is 16.3. The van der Waals surface area contributed by atoms with Crippen LogP contribution in [0.3, 0.4) is 0 Å². The third-order valence-corrected chi connectivity index (χ3v) is 3.50. The molecule has 1 heterocycles. The molecule has 1 aromatic heterocycles. The first-order chi connectivity index (χ1) is 10.5. The highest BCUT2D eigenvalue weighted by Gasteiger charge is 2.10. The van der Waals surface area contributed by atoms with Crippen LogP contribution in [0.2, 0.25) is 10.0 Å². The second kappa shape index (κ2) is 7.24. The van der Waals surface area contributed by atoms with Gasteiger partial charge in [0, 0.05) is 23.3 Å². The predicted octanol–water partition coefficient (Wildman–Crippen LogP) is 2.94. The van der Waals surface area contributed by atoms with Gasteiger partial charge in [0.15, 0.2) is 0 Å². The summed E-state index contributed by atoms with van der Waals surface area (Å²) in [6.45, 7) is 2.31. The van der Waals surface area contributed by atoms with Crippen molar-refractivity contribution in [2.75, 3.05) is 0 Å². The van der Waals surface area contributed by atoms with Crippen LogP contribution in [-0.2, 0) is 6.54 Å². The van der Waals surface area contributed by atoms with Crippen LogP contribution < -0.4 is 11.0 Å². The fourth-order valence-corrected chi connectivity index (χ4v) is 2.24. The standard InChI is InChI=1S/C15H13Cl2N3O2/c1-2-20-7-3-4-12(15(20)22)14(21)19-18-9-10-5-6-11(16)8-13(10)17/h3-9H,2H2,1H3,(H,19,21)/b18-9-. The van der Waals surface area contributed by atoms with Crippen molar-refractivity contribution in [3.8, 4) is 0 Å². The molecule has 2 aromatic rings. The Kier molecular flexibility index (Phi) is 5.35. The van der Waals surface area contributed by atoms with E-state index in [2.05, 4.69) is 10.5 Å². The molecule has 0 atom stereocenters. The molecular formula is C15H13Cl2N3O2. The van der Waals surface area contributed by atoms with Crippen LogP contribution in [0.15, 0.2) is 46.4 Å². The van der Waals surface area contributed by atoms with E-state index in [1.807, 2.05) is 6.92 Å². The summed E-state index contributed by atoms with van der Waals surface area (Å²) in [5.41, 5.74) is 2.58. The Morgan fingerprint density at radius 3 is 2.82 bits per heavy atom. The number of carbonyl (C=O) groups is 1. The van der Waals surface area contributed by atoms with E-state index >= 15 is 0 Å². The summed E-state index contributed by atoms with van der Waals surface area (Å²) in [5, 5.41) is 4.73. The molecule has 0 aliphatic heterocycles. The third kappa shape index (κ3) is 3.75. The molecule has 0 spiro atoms. The molecular weight excluding hydrogens is 325 g/mol. The number of hydrogen-bond acceptors (Lipinski definition) is 3. The number of halogens is 2. The lowest BCUT2D eigenvalue weighted by atomic mass is 10.2. The zero-order chi connectivity index (χ0) is 16.1. The van der Waals surface area contributed by atoms with Gasteiger partial charge in [0.25, 0.3) is 11.5 Å². The van der Waals surface area contributed by atoms with Gasteiger partial charge in [-0.3, -0.25) is 9.59 Å². The largest absolute Gasteiger partial charge is 0.315 e. The molecule has 1 amide bonds. The number of rotatable bonds is 4. The maximum atomic E-state index is 12.0. The number of hydrazone groups is 1. The molecule has 1 aromatic carbocycles. The number of carbonyl (C=O) groups excluding carboxylic acids is 1. The molecule has 0 fully saturated rings. The Bertz CT molecular complexity index is 785. The van der Waals surface area contributed by atoms with E-state index in [0.29, 0.717) is 22.2 Å². The minimum absolute atomic E-state index is 0.0312. The molecule has 1 N–H and O–H groups in total. The summed E-state index contributed by atoms with van der Waals surface area (Å²) < 4.78 is 1.44. The van der Waals surface area contributed by atoms with Crippen molar-refractivity contribution in [2.24, 2.45) is 5.10 Å². The van der Waals surface area contributed by atoms with Gasteiger partial charge in [0.05, 0.1) is 11.2 Å². The zero-order valence-corrected chi connectivity index (χ0v) is 13.2. The molecule has 0 saturated heterocycles. The van der Waals surface area contributed by atoms with E-state index in [-0.39, 0.29) is 11.1 Å². The zero-order valence-electron chi connectivity index (χ0n) is 11.7. The van der Waals surface area contributed by atoms with Gasteiger partial charge in [0.2, 0.25) is 0 Å². The second-order valence-corrected chi connectivity index (χ2v) is 5.22. The van der Waals surface area contributed by atoms with Crippen molar-refractivity contribution in [1.82, 2.24) is 9.99 Å². The highest BCUT2D eigenvalue weighted by molar-refractivity contribution is 6.36. The van der Waals surface area contributed by atoms with Crippen molar-refractivity contribution in [2.45, 2.75) is 13.5 Å². The second-order valence-electron chi connectivity index (χ2n) is 4.38. The number of aromatic nitrogens is 1. The quantitative estimate of drug-likeness (QED) is 0.688. The molecule has 0 aliphatic rings. The maximum Gasteiger partial charge on any atom is 0.276 e. The fourth-order valence-electron chi connectivity index (χ4n) is 1.79. The van der Waals surface area contributed by atoms with Crippen LogP contribution >= 0.6 is 23.2 Å². The lowest BCUT2D eigenvalue weighted by Gasteiger charge is -2.04. The molecule has 114 valence electrons. The number of pyridine rings is 1. The van der Waals surface area contributed by atoms with Crippen LogP contribution in [-0.4, -0.2) is 16.7 Å². The summed E-state index contributed by atoms with van der Waals surface area (Å²) in [4.78, 5) is 24.0. The number of nitrogens with one attached hydrogen (secondary N) is 1. The minimum atomic E-state index is -0.575. The van der Waals surface area contributed by atoms with Gasteiger partial charge in [-0.05, 0) is 31.2 Å². The van der Waals surface area contributed by atoms with Crippen LogP contribution in [0.5, 0.6) is 0 Å². The summed E-state index contributed by atoms with van der Waals surface area (Å²) in [6, 6.07) is 8.00. The SMILES string of the molecule is CCn1cccc(C(=O)N/N=C\c2ccc(Cl)cc2Cl)c1=O. The van der Waals surface area contributed by atoms with Gasteiger partial charge in [-0.2, -0.15) is 5.10 Å². The third-order valence-electron chi connectivity index (χ3n) is 2.94. The van der Waals surface area contributed by atoms with E-state index in [0.717, 1.165) is 0 Å². The van der Waals surface area contributed by atoms with Crippen molar-refractivity contribution in [3.63, 3.8) is 0 Å². The van der Waals surface area contributed by atoms with Gasteiger partial charge in [-0.1, -0.05) is 29.3 Å². The topological polar surface area (TPSA) is 63.5 Å². The van der Waals surface area contributed by atoms with Crippen LogP contribution in [0.4, 0.5) is 0 Å². The van der Waals surface area contributed by atoms with Gasteiger partial charge in [-0.15, -0.1) is 0 Å². The molecule has 5 nitrogen and oxygen atoms in total. The highest BCUT2D eigenvalue weighted by atomic mass is 35.5. The minimum Gasteiger partial charge on any atom is -0.315 e. The number of aryl methyl sites for hydroxylation is 1. The molecule has 0 bridgehead atoms. The molecule has 7 heteroatoms. The van der Waals surface area contributed by atoms with Gasteiger partial charge >= 0.3 is 0 Å². The first-order valence-electron chi connectivity index (χ1n) is 6.51. The Morgan fingerprint density at radius 2 is 2.14 bits per heavy atom. The lowest BCUT2D eigenvalue weighted by Crippen LogP contribution is -2.30. The van der Waals surface area contributed by atoms with Crippen molar-refractivity contribution in [3.05, 3.63) is 68.1 Å². The fraction of sp³-hybridized carbons (Fsp3) is 0.133. The smallest absolute Gasteiger partial charge is 0.276 e. The maximum absolute atomic E-state index is 12.0. The lowest BCUT2D eigenvalue weighted by molar-refractivity contribution is 0.0953. The van der Waals surface area contributed by atoms with E-state index in [4.69, 9.17) is 23.2 Å². The van der Waals surface area contributed by atoms with Crippen LogP contribution in [0.25, 0.3) is 0 Å². The number of amides is 1. The monoisotopic (exact) mass is 337 g/mol. The molecule has 22 heavy (non-hydrogen) atoms. The summed E-state index contributed by atoms with van der Waals surface area (Å²) in [6.07, 6.45) is 3.01. The Labute approximate surface area is 137 Å². The number of nitrogens with zero attached hydrogens (tertiary/aromatic N) is 2. The Morgan fingerprint density at radius 1 is 1.36 bits per heavy atom. The number of benzene rings is 1. The molecule has 0 saturated carbocycles. The number of hydrogen-bond donors (Lipinski definition) is 1. The van der Waals surface area contributed by atoms with Gasteiger partial charge < -0.3 is 4.57 Å². The van der Waals surface area contributed by atoms with E-state index in [1.165, 1.54) is 16.8 Å². The van der Waals surface area contributed by atoms with Gasteiger partial charge in [-0.25, -0.2) is 5.43 Å². The van der Waals surface area contributed by atoms with Gasteiger partial charge in [0.1, 0.15) is 5.56 Å². The van der Waals surface area contributed by atoms with Crippen LogP contribution in [0.1, 0.15) is 22.8 Å². The Balaban J connectivity index is 2.13. The van der Waals surface area contributed by atoms with E-state index in [1.54, 1.807) is 30.5 Å². The molecule has 0 radical (unpaired) electrons. The molecule has 2 rings (SSSR count). The molecule has 0 unspecified atom stereocenters. The average molecular weight is 338 g/mol. The highest BCUT2D eigenvalue weighted by Crippen LogP contribution is 2.19. The van der Waals surface area contributed by atoms with Crippen molar-refractivity contribution in [1.29, 1.82) is 0 Å². The Hall–Kier alpha value is -2.11. The summed E-state index contributed by atoms with van der Waals surface area (Å²) in [7, 11) is 0. The summed E-state index contributed by atoms with van der Waals surface area (Å²) >= 11 is 11.8. The van der Waals surface area contributed by atoms with Crippen molar-refractivity contribution < 1.29 is 4.79 Å². The predicted molar refractivity (Wildman–Crippen MR) is 87.9 cm³/mol.